The first-order valence-corrected chi connectivity index (χ1v) is 10.2. The molecule has 4 rings (SSSR count). The molecule has 2 fully saturated rings. The van der Waals surface area contributed by atoms with Crippen LogP contribution < -0.4 is 4.90 Å². The zero-order valence-corrected chi connectivity index (χ0v) is 16.5. The molecule has 30 heavy (non-hydrogen) atoms. The molecule has 2 saturated heterocycles. The highest BCUT2D eigenvalue weighted by molar-refractivity contribution is 5.80. The molecule has 0 spiro atoms. The summed E-state index contributed by atoms with van der Waals surface area (Å²) in [5, 5.41) is 19.1. The lowest BCUT2D eigenvalue weighted by molar-refractivity contribution is -0.137. The number of hydrogen-bond donors (Lipinski definition) is 1. The number of hydrogen-bond acceptors (Lipinski definition) is 4. The van der Waals surface area contributed by atoms with Gasteiger partial charge < -0.3 is 14.9 Å². The molecule has 0 radical (unpaired) electrons. The Bertz CT molecular complexity index is 900. The number of nitrogens with zero attached hydrogens (tertiary/aromatic N) is 3. The van der Waals surface area contributed by atoms with Gasteiger partial charge in [-0.2, -0.15) is 18.4 Å². The normalized spacial score (nSPS) is 26.7. The van der Waals surface area contributed by atoms with Gasteiger partial charge in [0, 0.05) is 49.1 Å². The number of piperidine rings is 1. The molecule has 2 atom stereocenters. The third kappa shape index (κ3) is 3.56. The third-order valence-corrected chi connectivity index (χ3v) is 6.91. The minimum atomic E-state index is -4.60. The first-order valence-electron chi connectivity index (χ1n) is 10.2. The summed E-state index contributed by atoms with van der Waals surface area (Å²) >= 11 is 0. The second kappa shape index (κ2) is 7.62. The second-order valence-electron chi connectivity index (χ2n) is 8.61. The number of carbonyl (C=O) groups is 1. The third-order valence-electron chi connectivity index (χ3n) is 6.91. The van der Waals surface area contributed by atoms with Crippen LogP contribution in [0.25, 0.3) is 0 Å². The van der Waals surface area contributed by atoms with Crippen molar-refractivity contribution in [1.29, 1.82) is 5.26 Å². The van der Waals surface area contributed by atoms with Gasteiger partial charge in [0.15, 0.2) is 0 Å². The summed E-state index contributed by atoms with van der Waals surface area (Å²) in [6.45, 7) is 1.93. The Balaban J connectivity index is 1.54. The second-order valence-corrected chi connectivity index (χ2v) is 8.61. The Labute approximate surface area is 173 Å². The van der Waals surface area contributed by atoms with Crippen molar-refractivity contribution in [3.8, 4) is 6.07 Å². The molecule has 1 aromatic rings. The molecule has 8 heteroatoms. The molecule has 2 aliphatic heterocycles. The fraction of sp³-hybridized carbons (Fsp3) is 0.545. The first-order chi connectivity index (χ1) is 14.3. The van der Waals surface area contributed by atoms with E-state index in [0.717, 1.165) is 18.9 Å². The van der Waals surface area contributed by atoms with E-state index in [0.29, 0.717) is 38.3 Å². The molecule has 1 amide bonds. The van der Waals surface area contributed by atoms with Crippen LogP contribution in [0.15, 0.2) is 30.4 Å². The summed E-state index contributed by atoms with van der Waals surface area (Å²) < 4.78 is 40.0. The maximum absolute atomic E-state index is 13.3. The zero-order valence-electron chi connectivity index (χ0n) is 16.5. The molecular formula is C22H24F3N3O2. The van der Waals surface area contributed by atoms with Crippen molar-refractivity contribution in [2.75, 3.05) is 37.7 Å². The molecule has 1 aliphatic carbocycles. The number of amides is 1. The van der Waals surface area contributed by atoms with Crippen LogP contribution in [0.4, 0.5) is 18.9 Å². The van der Waals surface area contributed by atoms with Gasteiger partial charge in [-0.25, -0.2) is 0 Å². The summed E-state index contributed by atoms with van der Waals surface area (Å²) in [5.74, 6) is 0.0518. The van der Waals surface area contributed by atoms with Crippen molar-refractivity contribution < 1.29 is 23.1 Å². The Morgan fingerprint density at radius 2 is 2.00 bits per heavy atom. The number of carbonyl (C=O) groups excluding carboxylic acids is 1. The Hall–Kier alpha value is -2.53. The van der Waals surface area contributed by atoms with Gasteiger partial charge in [-0.1, -0.05) is 12.2 Å². The van der Waals surface area contributed by atoms with Crippen molar-refractivity contribution >= 4 is 11.6 Å². The summed E-state index contributed by atoms with van der Waals surface area (Å²) in [6.07, 6.45) is 1.50. The number of rotatable bonds is 3. The van der Waals surface area contributed by atoms with Crippen molar-refractivity contribution in [3.63, 3.8) is 0 Å². The highest BCUT2D eigenvalue weighted by Gasteiger charge is 2.51. The summed E-state index contributed by atoms with van der Waals surface area (Å²) in [4.78, 5) is 16.6. The van der Waals surface area contributed by atoms with Crippen molar-refractivity contribution in [2.45, 2.75) is 25.4 Å². The quantitative estimate of drug-likeness (QED) is 0.765. The maximum atomic E-state index is 13.3. The van der Waals surface area contributed by atoms with Crippen LogP contribution in [-0.2, 0) is 11.0 Å². The number of alkyl halides is 3. The van der Waals surface area contributed by atoms with Gasteiger partial charge in [-0.05, 0) is 37.5 Å². The van der Waals surface area contributed by atoms with Gasteiger partial charge >= 0.3 is 6.18 Å². The number of aliphatic hydroxyl groups is 1. The average molecular weight is 419 g/mol. The highest BCUT2D eigenvalue weighted by Crippen LogP contribution is 2.45. The highest BCUT2D eigenvalue weighted by atomic mass is 19.4. The number of fused-ring (bicyclic) bond motifs is 1. The van der Waals surface area contributed by atoms with E-state index in [1.165, 1.54) is 6.07 Å². The number of anilines is 1. The lowest BCUT2D eigenvalue weighted by atomic mass is 9.73. The minimum Gasteiger partial charge on any atom is -0.396 e. The standard InChI is InChI=1S/C22H24F3N3O2/c23-22(24,25)19-9-18(6-5-16(19)10-26)27-8-7-21(14-29)13-28(12-17(21)11-27)20(30)15-3-1-2-4-15/h1-2,5-6,9,15,17,29H,3-4,7-8,11-14H2/t17-,21+/m1/s1. The number of halogens is 3. The zero-order chi connectivity index (χ0) is 21.5. The summed E-state index contributed by atoms with van der Waals surface area (Å²) in [5.41, 5.74) is -1.32. The molecule has 1 aromatic carbocycles. The average Bonchev–Trinajstić information content (AvgIpc) is 3.40. The number of allylic oxidation sites excluding steroid dienone is 2. The smallest absolute Gasteiger partial charge is 0.396 e. The first kappa shape index (κ1) is 20.7. The van der Waals surface area contributed by atoms with E-state index in [1.54, 1.807) is 12.1 Å². The van der Waals surface area contributed by atoms with Gasteiger partial charge in [0.2, 0.25) is 5.91 Å². The maximum Gasteiger partial charge on any atom is 0.417 e. The van der Waals surface area contributed by atoms with E-state index in [-0.39, 0.29) is 24.3 Å². The summed E-state index contributed by atoms with van der Waals surface area (Å²) in [7, 11) is 0. The molecule has 3 aliphatic rings. The van der Waals surface area contributed by atoms with Crippen molar-refractivity contribution in [3.05, 3.63) is 41.5 Å². The van der Waals surface area contributed by atoms with Crippen LogP contribution in [0.5, 0.6) is 0 Å². The predicted octanol–water partition coefficient (Wildman–Crippen LogP) is 3.19. The number of nitriles is 1. The topological polar surface area (TPSA) is 67.6 Å². The van der Waals surface area contributed by atoms with E-state index in [2.05, 4.69) is 0 Å². The lowest BCUT2D eigenvalue weighted by Crippen LogP contribution is -2.49. The minimum absolute atomic E-state index is 0.0143. The molecular weight excluding hydrogens is 395 g/mol. The Morgan fingerprint density at radius 3 is 2.63 bits per heavy atom. The number of benzene rings is 1. The van der Waals surface area contributed by atoms with Gasteiger partial charge in [0.1, 0.15) is 0 Å². The summed E-state index contributed by atoms with van der Waals surface area (Å²) in [6, 6.07) is 5.40. The molecule has 0 unspecified atom stereocenters. The SMILES string of the molecule is N#Cc1ccc(N2CC[C@@]3(CO)CN(C(=O)C4CC=CC4)C[C@H]3C2)cc1C(F)(F)F. The van der Waals surface area contributed by atoms with E-state index in [4.69, 9.17) is 5.26 Å². The molecule has 160 valence electrons. The van der Waals surface area contributed by atoms with E-state index in [9.17, 15) is 23.1 Å². The van der Waals surface area contributed by atoms with Gasteiger partial charge in [0.25, 0.3) is 0 Å². The number of likely N-dealkylation sites (tertiary alicyclic amines) is 1. The van der Waals surface area contributed by atoms with E-state index >= 15 is 0 Å². The molecule has 1 N–H and O–H groups in total. The van der Waals surface area contributed by atoms with E-state index in [1.807, 2.05) is 22.0 Å². The van der Waals surface area contributed by atoms with Crippen LogP contribution in [0.3, 0.4) is 0 Å². The molecule has 2 heterocycles. The largest absolute Gasteiger partial charge is 0.417 e. The van der Waals surface area contributed by atoms with E-state index < -0.39 is 22.7 Å². The predicted molar refractivity (Wildman–Crippen MR) is 104 cm³/mol. The fourth-order valence-electron chi connectivity index (χ4n) is 5.08. The van der Waals surface area contributed by atoms with Gasteiger partial charge in [-0.15, -0.1) is 0 Å². The fourth-order valence-corrected chi connectivity index (χ4v) is 5.08. The van der Waals surface area contributed by atoms with Gasteiger partial charge in [-0.3, -0.25) is 4.79 Å². The van der Waals surface area contributed by atoms with Crippen LogP contribution in [0, 0.1) is 28.6 Å². The lowest BCUT2D eigenvalue weighted by Gasteiger charge is -2.43. The van der Waals surface area contributed by atoms with Gasteiger partial charge in [0.05, 0.1) is 23.8 Å². The molecule has 5 nitrogen and oxygen atoms in total. The van der Waals surface area contributed by atoms with Crippen LogP contribution in [0.1, 0.15) is 30.4 Å². The monoisotopic (exact) mass is 419 g/mol. The Morgan fingerprint density at radius 1 is 1.27 bits per heavy atom. The number of aliphatic hydroxyl groups excluding tert-OH is 1. The Kier molecular flexibility index (Phi) is 5.27. The van der Waals surface area contributed by atoms with Crippen LogP contribution in [-0.4, -0.2) is 48.7 Å². The molecule has 0 aromatic heterocycles. The van der Waals surface area contributed by atoms with Crippen molar-refractivity contribution in [2.24, 2.45) is 17.3 Å². The van der Waals surface area contributed by atoms with Crippen LogP contribution >= 0.6 is 0 Å². The van der Waals surface area contributed by atoms with Crippen molar-refractivity contribution in [1.82, 2.24) is 4.90 Å². The molecule has 0 bridgehead atoms. The van der Waals surface area contributed by atoms with Crippen LogP contribution in [0.2, 0.25) is 0 Å². The molecule has 0 saturated carbocycles.